The van der Waals surface area contributed by atoms with Crippen molar-refractivity contribution in [2.45, 2.75) is 32.7 Å². The van der Waals surface area contributed by atoms with Crippen LogP contribution < -0.4 is 4.87 Å². The van der Waals surface area contributed by atoms with E-state index in [0.29, 0.717) is 0 Å². The topological polar surface area (TPSA) is 22.0 Å². The smallest absolute Gasteiger partial charge is 0.303 e. The highest BCUT2D eigenvalue weighted by molar-refractivity contribution is 7.80. The first-order valence-electron chi connectivity index (χ1n) is 4.51. The largest absolute Gasteiger partial charge is 0.307 e. The van der Waals surface area contributed by atoms with Gasteiger partial charge in [0.1, 0.15) is 0 Å². The zero-order valence-corrected chi connectivity index (χ0v) is 9.53. The number of thiazole rings is 1. The second-order valence-corrected chi connectivity index (χ2v) is 4.35. The third kappa shape index (κ3) is 3.19. The predicted molar refractivity (Wildman–Crippen MR) is 61.0 cm³/mol. The van der Waals surface area contributed by atoms with Crippen LogP contribution in [0.4, 0.5) is 0 Å². The number of thiol groups is 1. The van der Waals surface area contributed by atoms with Crippen LogP contribution in [0.15, 0.2) is 10.2 Å². The lowest BCUT2D eigenvalue weighted by Crippen LogP contribution is -2.14. The van der Waals surface area contributed by atoms with Crippen LogP contribution in [0.3, 0.4) is 0 Å². The number of hydrogen-bond acceptors (Lipinski definition) is 3. The van der Waals surface area contributed by atoms with Crippen LogP contribution in [-0.4, -0.2) is 10.3 Å². The summed E-state index contributed by atoms with van der Waals surface area (Å²) in [6.45, 7) is 2.85. The molecule has 2 nitrogen and oxygen atoms in total. The number of aryl methyl sites for hydroxylation is 1. The summed E-state index contributed by atoms with van der Waals surface area (Å²) < 4.78 is 1.85. The number of hydrogen-bond donors (Lipinski definition) is 1. The van der Waals surface area contributed by atoms with Gasteiger partial charge in [-0.25, -0.2) is 0 Å². The minimum atomic E-state index is 0.170. The molecule has 0 spiro atoms. The molecule has 1 heterocycles. The summed E-state index contributed by atoms with van der Waals surface area (Å²) in [6, 6.07) is 0. The van der Waals surface area contributed by atoms with Crippen molar-refractivity contribution in [2.75, 3.05) is 5.75 Å². The summed E-state index contributed by atoms with van der Waals surface area (Å²) in [6.07, 6.45) is 3.38. The van der Waals surface area contributed by atoms with E-state index in [-0.39, 0.29) is 4.87 Å². The third-order valence-electron chi connectivity index (χ3n) is 2.02. The van der Waals surface area contributed by atoms with Crippen LogP contribution in [0.1, 0.15) is 25.0 Å². The van der Waals surface area contributed by atoms with E-state index in [2.05, 4.69) is 12.6 Å². The summed E-state index contributed by atoms with van der Waals surface area (Å²) in [5.41, 5.74) is 1.08. The van der Waals surface area contributed by atoms with Gasteiger partial charge in [-0.05, 0) is 25.5 Å². The molecule has 0 N–H and O–H groups in total. The van der Waals surface area contributed by atoms with Gasteiger partial charge in [0.15, 0.2) is 0 Å². The summed E-state index contributed by atoms with van der Waals surface area (Å²) in [4.78, 5) is 11.4. The fourth-order valence-corrected chi connectivity index (χ4v) is 2.22. The van der Waals surface area contributed by atoms with Crippen LogP contribution in [0, 0.1) is 6.92 Å². The van der Waals surface area contributed by atoms with Crippen molar-refractivity contribution in [3.8, 4) is 0 Å². The number of unbranched alkanes of at least 4 members (excludes halogenated alkanes) is 2. The Hall–Kier alpha value is -0.220. The standard InChI is InChI=1S/C9H15NOS2/c1-8-7-13-9(11)10(8)5-3-2-4-6-12/h7,12H,2-6H2,1H3. The minimum absolute atomic E-state index is 0.170. The van der Waals surface area contributed by atoms with E-state index >= 15 is 0 Å². The van der Waals surface area contributed by atoms with Crippen molar-refractivity contribution in [3.05, 3.63) is 20.7 Å². The lowest BCUT2D eigenvalue weighted by atomic mass is 10.2. The molecule has 74 valence electrons. The Balaban J connectivity index is 2.40. The molecule has 0 amide bonds. The zero-order valence-electron chi connectivity index (χ0n) is 7.82. The fraction of sp³-hybridized carbons (Fsp3) is 0.667. The van der Waals surface area contributed by atoms with Crippen LogP contribution >= 0.6 is 24.0 Å². The summed E-state index contributed by atoms with van der Waals surface area (Å²) >= 11 is 5.43. The van der Waals surface area contributed by atoms with E-state index < -0.39 is 0 Å². The minimum Gasteiger partial charge on any atom is -0.303 e. The Bertz CT molecular complexity index is 303. The molecular weight excluding hydrogens is 202 g/mol. The van der Waals surface area contributed by atoms with Gasteiger partial charge in [-0.15, -0.1) is 0 Å². The predicted octanol–water partition coefficient (Wildman–Crippen LogP) is 2.32. The van der Waals surface area contributed by atoms with Crippen molar-refractivity contribution >= 4 is 24.0 Å². The van der Waals surface area contributed by atoms with Gasteiger partial charge in [-0.3, -0.25) is 4.79 Å². The zero-order chi connectivity index (χ0) is 9.68. The molecule has 0 aromatic carbocycles. The number of aromatic nitrogens is 1. The van der Waals surface area contributed by atoms with Crippen molar-refractivity contribution in [1.82, 2.24) is 4.57 Å². The molecule has 0 fully saturated rings. The van der Waals surface area contributed by atoms with Crippen LogP contribution in [0.2, 0.25) is 0 Å². The van der Waals surface area contributed by atoms with Crippen molar-refractivity contribution < 1.29 is 0 Å². The second-order valence-electron chi connectivity index (χ2n) is 3.08. The maximum atomic E-state index is 11.3. The number of rotatable bonds is 5. The molecule has 4 heteroatoms. The Labute approximate surface area is 88.0 Å². The van der Waals surface area contributed by atoms with Gasteiger partial charge < -0.3 is 4.57 Å². The maximum absolute atomic E-state index is 11.3. The summed E-state index contributed by atoms with van der Waals surface area (Å²) in [5, 5.41) is 1.92. The first kappa shape index (κ1) is 10.9. The normalized spacial score (nSPS) is 10.6. The molecule has 0 radical (unpaired) electrons. The van der Waals surface area contributed by atoms with Gasteiger partial charge in [0.05, 0.1) is 0 Å². The van der Waals surface area contributed by atoms with Crippen molar-refractivity contribution in [1.29, 1.82) is 0 Å². The van der Waals surface area contributed by atoms with Crippen LogP contribution in [0.25, 0.3) is 0 Å². The quantitative estimate of drug-likeness (QED) is 0.593. The van der Waals surface area contributed by atoms with E-state index in [1.165, 1.54) is 11.3 Å². The highest BCUT2D eigenvalue weighted by Crippen LogP contribution is 2.03. The van der Waals surface area contributed by atoms with Crippen molar-refractivity contribution in [2.24, 2.45) is 0 Å². The van der Waals surface area contributed by atoms with E-state index in [0.717, 1.165) is 37.3 Å². The summed E-state index contributed by atoms with van der Waals surface area (Å²) in [5.74, 6) is 0.942. The molecule has 0 unspecified atom stereocenters. The molecule has 0 aliphatic heterocycles. The van der Waals surface area contributed by atoms with Gasteiger partial charge in [0, 0.05) is 17.6 Å². The molecule has 0 saturated heterocycles. The van der Waals surface area contributed by atoms with E-state index in [1.54, 1.807) is 0 Å². The Morgan fingerprint density at radius 1 is 1.46 bits per heavy atom. The highest BCUT2D eigenvalue weighted by Gasteiger charge is 2.00. The Morgan fingerprint density at radius 3 is 2.77 bits per heavy atom. The molecule has 0 atom stereocenters. The molecule has 1 aromatic rings. The Morgan fingerprint density at radius 2 is 2.23 bits per heavy atom. The first-order chi connectivity index (χ1) is 6.25. The van der Waals surface area contributed by atoms with E-state index in [4.69, 9.17) is 0 Å². The third-order valence-corrected chi connectivity index (χ3v) is 3.21. The molecular formula is C9H15NOS2. The number of nitrogens with zero attached hydrogens (tertiary/aromatic N) is 1. The second kappa shape index (κ2) is 5.50. The lowest BCUT2D eigenvalue weighted by molar-refractivity contribution is 0.588. The van der Waals surface area contributed by atoms with Gasteiger partial charge in [-0.1, -0.05) is 17.8 Å². The van der Waals surface area contributed by atoms with Gasteiger partial charge in [-0.2, -0.15) is 12.6 Å². The van der Waals surface area contributed by atoms with Crippen LogP contribution in [0.5, 0.6) is 0 Å². The first-order valence-corrected chi connectivity index (χ1v) is 6.02. The van der Waals surface area contributed by atoms with Gasteiger partial charge >= 0.3 is 4.87 Å². The fourth-order valence-electron chi connectivity index (χ4n) is 1.23. The lowest BCUT2D eigenvalue weighted by Gasteiger charge is -2.02. The SMILES string of the molecule is Cc1csc(=O)n1CCCCCS. The Kier molecular flexibility index (Phi) is 4.59. The van der Waals surface area contributed by atoms with E-state index in [1.807, 2.05) is 16.9 Å². The van der Waals surface area contributed by atoms with Crippen molar-refractivity contribution in [3.63, 3.8) is 0 Å². The van der Waals surface area contributed by atoms with Gasteiger partial charge in [0.25, 0.3) is 0 Å². The molecule has 1 aromatic heterocycles. The molecule has 0 aliphatic rings. The average molecular weight is 217 g/mol. The highest BCUT2D eigenvalue weighted by atomic mass is 32.1. The molecule has 13 heavy (non-hydrogen) atoms. The molecule has 1 rings (SSSR count). The monoisotopic (exact) mass is 217 g/mol. The summed E-state index contributed by atoms with van der Waals surface area (Å²) in [7, 11) is 0. The maximum Gasteiger partial charge on any atom is 0.307 e. The molecule has 0 bridgehead atoms. The average Bonchev–Trinajstić information content (AvgIpc) is 2.42. The van der Waals surface area contributed by atoms with Gasteiger partial charge in [0.2, 0.25) is 0 Å². The molecule has 0 aliphatic carbocycles. The van der Waals surface area contributed by atoms with Crippen LogP contribution in [-0.2, 0) is 6.54 Å². The van der Waals surface area contributed by atoms with E-state index in [9.17, 15) is 4.79 Å². The molecule has 0 saturated carbocycles.